The van der Waals surface area contributed by atoms with Gasteiger partial charge in [-0.15, -0.1) is 0 Å². The molecule has 0 radical (unpaired) electrons. The van der Waals surface area contributed by atoms with Crippen LogP contribution >= 0.6 is 12.2 Å². The molecule has 0 bridgehead atoms. The Bertz CT molecular complexity index is 1510. The summed E-state index contributed by atoms with van der Waals surface area (Å²) in [6, 6.07) is 31.5. The summed E-state index contributed by atoms with van der Waals surface area (Å²) in [6.45, 7) is 0. The Morgan fingerprint density at radius 1 is 0.811 bits per heavy atom. The van der Waals surface area contributed by atoms with Crippen LogP contribution in [0.2, 0.25) is 0 Å². The van der Waals surface area contributed by atoms with Gasteiger partial charge in [-0.2, -0.15) is 0 Å². The van der Waals surface area contributed by atoms with E-state index >= 15 is 0 Å². The Hall–Kier alpha value is -4.75. The number of methoxy groups -OCH3 is 1. The number of ether oxygens (including phenoxy) is 2. The quantitative estimate of drug-likeness (QED) is 0.198. The third kappa shape index (κ3) is 5.12. The molecule has 7 heteroatoms. The van der Waals surface area contributed by atoms with Gasteiger partial charge in [0.15, 0.2) is 5.11 Å². The van der Waals surface area contributed by atoms with Gasteiger partial charge in [-0.3, -0.25) is 19.8 Å². The Balaban J connectivity index is 1.42. The lowest BCUT2D eigenvalue weighted by atomic mass is 10.00. The summed E-state index contributed by atoms with van der Waals surface area (Å²) in [5, 5.41) is 2.65. The summed E-state index contributed by atoms with van der Waals surface area (Å²) in [4.78, 5) is 27.5. The van der Waals surface area contributed by atoms with Crippen molar-refractivity contribution in [3.8, 4) is 28.4 Å². The van der Waals surface area contributed by atoms with Crippen LogP contribution in [-0.4, -0.2) is 24.0 Å². The second-order valence-electron chi connectivity index (χ2n) is 8.19. The fraction of sp³-hybridized carbons (Fsp3) is 0.0333. The molecule has 4 aromatic rings. The van der Waals surface area contributed by atoms with Gasteiger partial charge in [0.25, 0.3) is 11.8 Å². The van der Waals surface area contributed by atoms with Crippen LogP contribution in [0.3, 0.4) is 0 Å². The summed E-state index contributed by atoms with van der Waals surface area (Å²) in [7, 11) is 1.62. The van der Waals surface area contributed by atoms with Crippen molar-refractivity contribution in [1.82, 2.24) is 5.32 Å². The zero-order valence-electron chi connectivity index (χ0n) is 19.9. The van der Waals surface area contributed by atoms with Gasteiger partial charge in [0.2, 0.25) is 0 Å². The number of carbonyl (C=O) groups excluding carboxylic acids is 2. The molecule has 0 spiro atoms. The molecule has 4 aromatic carbocycles. The molecule has 6 nitrogen and oxygen atoms in total. The standard InChI is InChI=1S/C30H22N2O4S/c1-35-27-13-6-5-12-25(27)21-9-7-8-20(18-21)19-26-28(33)31-30(37)32(29(26)34)22-14-16-24(17-15-22)36-23-10-3-2-4-11-23/h2-19H,1H3,(H,31,33,37)/b26-19+. The van der Waals surface area contributed by atoms with Crippen molar-refractivity contribution in [2.75, 3.05) is 12.0 Å². The summed E-state index contributed by atoms with van der Waals surface area (Å²) in [5.41, 5.74) is 3.00. The Morgan fingerprint density at radius 3 is 2.27 bits per heavy atom. The van der Waals surface area contributed by atoms with Crippen LogP contribution in [0.15, 0.2) is 109 Å². The largest absolute Gasteiger partial charge is 0.496 e. The van der Waals surface area contributed by atoms with E-state index in [2.05, 4.69) is 5.32 Å². The normalized spacial score (nSPS) is 14.5. The number of carbonyl (C=O) groups is 2. The fourth-order valence-electron chi connectivity index (χ4n) is 4.03. The number of hydrogen-bond donors (Lipinski definition) is 1. The van der Waals surface area contributed by atoms with Crippen molar-refractivity contribution in [1.29, 1.82) is 0 Å². The molecule has 1 aliphatic heterocycles. The van der Waals surface area contributed by atoms with Crippen LogP contribution in [0.25, 0.3) is 17.2 Å². The highest BCUT2D eigenvalue weighted by Gasteiger charge is 2.34. The molecule has 0 aliphatic carbocycles. The van der Waals surface area contributed by atoms with Crippen LogP contribution in [0.4, 0.5) is 5.69 Å². The summed E-state index contributed by atoms with van der Waals surface area (Å²) in [5.74, 6) is 0.993. The fourth-order valence-corrected chi connectivity index (χ4v) is 4.31. The summed E-state index contributed by atoms with van der Waals surface area (Å²) >= 11 is 5.33. The minimum atomic E-state index is -0.544. The molecule has 1 aliphatic rings. The lowest BCUT2D eigenvalue weighted by molar-refractivity contribution is -0.122. The van der Waals surface area contributed by atoms with Crippen molar-refractivity contribution in [2.45, 2.75) is 0 Å². The van der Waals surface area contributed by atoms with Crippen LogP contribution < -0.4 is 19.7 Å². The van der Waals surface area contributed by atoms with Gasteiger partial charge in [0, 0.05) is 5.56 Å². The maximum absolute atomic E-state index is 13.4. The topological polar surface area (TPSA) is 67.9 Å². The SMILES string of the molecule is COc1ccccc1-c1cccc(/C=C2\C(=O)NC(=S)N(c3ccc(Oc4ccccc4)cc3)C2=O)c1. The number of amides is 2. The van der Waals surface area contributed by atoms with E-state index in [0.29, 0.717) is 22.7 Å². The van der Waals surface area contributed by atoms with E-state index in [9.17, 15) is 9.59 Å². The van der Waals surface area contributed by atoms with E-state index in [1.807, 2.05) is 78.9 Å². The van der Waals surface area contributed by atoms with Crippen molar-refractivity contribution >= 4 is 40.9 Å². The number of thiocarbonyl (C=S) groups is 1. The molecule has 0 atom stereocenters. The van der Waals surface area contributed by atoms with Gasteiger partial charge < -0.3 is 9.47 Å². The monoisotopic (exact) mass is 506 g/mol. The zero-order chi connectivity index (χ0) is 25.8. The average Bonchev–Trinajstić information content (AvgIpc) is 2.92. The van der Waals surface area contributed by atoms with Crippen molar-refractivity contribution < 1.29 is 19.1 Å². The highest BCUT2D eigenvalue weighted by Crippen LogP contribution is 2.31. The van der Waals surface area contributed by atoms with Crippen LogP contribution in [0.5, 0.6) is 17.2 Å². The number of hydrogen-bond acceptors (Lipinski definition) is 5. The predicted octanol–water partition coefficient (Wildman–Crippen LogP) is 5.99. The Morgan fingerprint density at radius 2 is 1.51 bits per heavy atom. The molecule has 1 fully saturated rings. The van der Waals surface area contributed by atoms with E-state index < -0.39 is 11.8 Å². The van der Waals surface area contributed by atoms with Crippen LogP contribution in [-0.2, 0) is 9.59 Å². The van der Waals surface area contributed by atoms with Crippen molar-refractivity contribution in [2.24, 2.45) is 0 Å². The third-order valence-electron chi connectivity index (χ3n) is 5.79. The molecule has 0 saturated carbocycles. The second kappa shape index (κ2) is 10.5. The van der Waals surface area contributed by atoms with Gasteiger partial charge in [0.05, 0.1) is 12.8 Å². The first-order valence-electron chi connectivity index (χ1n) is 11.5. The van der Waals surface area contributed by atoms with Gasteiger partial charge >= 0.3 is 0 Å². The highest BCUT2D eigenvalue weighted by atomic mass is 32.1. The van der Waals surface area contributed by atoms with Gasteiger partial charge in [0.1, 0.15) is 22.8 Å². The Kier molecular flexibility index (Phi) is 6.78. The van der Waals surface area contributed by atoms with E-state index in [-0.39, 0.29) is 10.7 Å². The maximum Gasteiger partial charge on any atom is 0.270 e. The van der Waals surface area contributed by atoms with Gasteiger partial charge in [-0.1, -0.05) is 54.6 Å². The molecule has 1 saturated heterocycles. The molecule has 182 valence electrons. The van der Waals surface area contributed by atoms with Gasteiger partial charge in [-0.05, 0) is 78.0 Å². The third-order valence-corrected chi connectivity index (χ3v) is 6.08. The molecule has 0 unspecified atom stereocenters. The number of nitrogens with one attached hydrogen (secondary N) is 1. The lowest BCUT2D eigenvalue weighted by Crippen LogP contribution is -2.54. The van der Waals surface area contributed by atoms with Crippen molar-refractivity contribution in [3.05, 3.63) is 114 Å². The smallest absolute Gasteiger partial charge is 0.270 e. The first kappa shape index (κ1) is 24.0. The molecule has 1 heterocycles. The minimum absolute atomic E-state index is 0.0182. The highest BCUT2D eigenvalue weighted by molar-refractivity contribution is 7.80. The molecule has 5 rings (SSSR count). The first-order chi connectivity index (χ1) is 18.0. The minimum Gasteiger partial charge on any atom is -0.496 e. The van der Waals surface area contributed by atoms with E-state index in [1.165, 1.54) is 4.90 Å². The van der Waals surface area contributed by atoms with E-state index in [1.54, 1.807) is 37.5 Å². The number of nitrogens with zero attached hydrogens (tertiary/aromatic N) is 1. The van der Waals surface area contributed by atoms with Gasteiger partial charge in [-0.25, -0.2) is 0 Å². The molecule has 1 N–H and O–H groups in total. The summed E-state index contributed by atoms with van der Waals surface area (Å²) < 4.78 is 11.3. The number of anilines is 1. The number of para-hydroxylation sites is 2. The molecule has 37 heavy (non-hydrogen) atoms. The summed E-state index contributed by atoms with van der Waals surface area (Å²) in [6.07, 6.45) is 1.57. The Labute approximate surface area is 219 Å². The maximum atomic E-state index is 13.4. The predicted molar refractivity (Wildman–Crippen MR) is 148 cm³/mol. The van der Waals surface area contributed by atoms with E-state index in [4.69, 9.17) is 21.7 Å². The second-order valence-corrected chi connectivity index (χ2v) is 8.58. The average molecular weight is 507 g/mol. The van der Waals surface area contributed by atoms with Crippen LogP contribution in [0.1, 0.15) is 5.56 Å². The van der Waals surface area contributed by atoms with Crippen molar-refractivity contribution in [3.63, 3.8) is 0 Å². The molecule has 0 aromatic heterocycles. The van der Waals surface area contributed by atoms with E-state index in [0.717, 1.165) is 16.9 Å². The zero-order valence-corrected chi connectivity index (χ0v) is 20.7. The molecule has 2 amide bonds. The number of rotatable bonds is 6. The number of benzene rings is 4. The van der Waals surface area contributed by atoms with Crippen LogP contribution in [0, 0.1) is 0 Å². The molecular formula is C30H22N2O4S. The lowest BCUT2D eigenvalue weighted by Gasteiger charge is -2.29. The first-order valence-corrected chi connectivity index (χ1v) is 11.9. The molecular weight excluding hydrogens is 484 g/mol.